The summed E-state index contributed by atoms with van der Waals surface area (Å²) < 4.78 is 49.3. The molecule has 0 unspecified atom stereocenters. The van der Waals surface area contributed by atoms with Crippen LogP contribution in [0, 0.1) is 0 Å². The number of benzene rings is 1. The Kier molecular flexibility index (Phi) is 10.4. The molecule has 9 nitrogen and oxygen atoms in total. The summed E-state index contributed by atoms with van der Waals surface area (Å²) in [4.78, 5) is 12.6. The third kappa shape index (κ3) is 9.09. The number of nitrogens with zero attached hydrogens (tertiary/aromatic N) is 3. The molecule has 0 bridgehead atoms. The minimum Gasteiger partial charge on any atom is -0.369 e. The van der Waals surface area contributed by atoms with E-state index >= 15 is 0 Å². The fourth-order valence-corrected chi connectivity index (χ4v) is 4.50. The molecule has 2 atom stereocenters. The molecule has 2 saturated heterocycles. The summed E-state index contributed by atoms with van der Waals surface area (Å²) in [6, 6.07) is 17.0. The Bertz CT molecular complexity index is 1430. The van der Waals surface area contributed by atoms with Crippen molar-refractivity contribution in [2.75, 3.05) is 50.0 Å². The van der Waals surface area contributed by atoms with Gasteiger partial charge in [0.25, 0.3) is 0 Å². The molecule has 0 radical (unpaired) electrons. The molecule has 1 aromatic carbocycles. The van der Waals surface area contributed by atoms with Crippen molar-refractivity contribution in [3.05, 3.63) is 101 Å². The van der Waals surface area contributed by atoms with Crippen LogP contribution in [0.5, 0.6) is 0 Å². The van der Waals surface area contributed by atoms with Gasteiger partial charge in [0, 0.05) is 43.1 Å². The molecule has 4 aromatic rings. The summed E-state index contributed by atoms with van der Waals surface area (Å²) in [5, 5.41) is 13.3. The summed E-state index contributed by atoms with van der Waals surface area (Å²) in [6.07, 6.45) is 0.0381. The highest BCUT2D eigenvalue weighted by atomic mass is 35.5. The van der Waals surface area contributed by atoms with E-state index in [0.717, 1.165) is 72.4 Å². The number of alkyl halides is 3. The third-order valence-electron chi connectivity index (χ3n) is 6.58. The van der Waals surface area contributed by atoms with Gasteiger partial charge in [0.2, 0.25) is 0 Å². The predicted octanol–water partition coefficient (Wildman–Crippen LogP) is 6.04. The van der Waals surface area contributed by atoms with Crippen LogP contribution in [0.3, 0.4) is 0 Å². The Morgan fingerprint density at radius 3 is 1.77 bits per heavy atom. The standard InChI is InChI=1S/C15H16ClN3O.C15H15F3N4O/c16-11-1-3-12(4-2-11)19-13-5-6-14(18-9-13)15-10-17-7-8-20-15;16-15(17,18)10-3-4-20-14(7-10)22-11-1-2-12(21-8-11)13-9-19-5-6-23-13/h1-6,9,15,17,19H,7-8,10H2;1-4,7-8,13,19H,5-6,9H2,(H,20,22)/t15-;13-/m10/s1. The SMILES string of the molecule is Clc1ccc(Nc2ccc([C@H]3CNCCO3)nc2)cc1.FC(F)(F)c1ccnc(Nc2ccc([C@@H]3CNCCO3)nc2)c1. The summed E-state index contributed by atoms with van der Waals surface area (Å²) in [6.45, 7) is 4.59. The highest BCUT2D eigenvalue weighted by molar-refractivity contribution is 6.30. The number of nitrogens with one attached hydrogen (secondary N) is 4. The van der Waals surface area contributed by atoms with Crippen LogP contribution in [0.25, 0.3) is 0 Å². The Labute approximate surface area is 252 Å². The monoisotopic (exact) mass is 613 g/mol. The number of ether oxygens (including phenoxy) is 2. The van der Waals surface area contributed by atoms with Crippen molar-refractivity contribution < 1.29 is 22.6 Å². The first-order valence-corrected chi connectivity index (χ1v) is 14.1. The van der Waals surface area contributed by atoms with Gasteiger partial charge >= 0.3 is 6.18 Å². The summed E-state index contributed by atoms with van der Waals surface area (Å²) >= 11 is 5.86. The molecule has 4 N–H and O–H groups in total. The zero-order chi connectivity index (χ0) is 30.1. The molecular weight excluding hydrogens is 583 g/mol. The maximum absolute atomic E-state index is 12.7. The topological polar surface area (TPSA) is 105 Å². The first kappa shape index (κ1) is 30.6. The molecule has 2 aliphatic heterocycles. The largest absolute Gasteiger partial charge is 0.416 e. The smallest absolute Gasteiger partial charge is 0.369 e. The lowest BCUT2D eigenvalue weighted by Crippen LogP contribution is -2.33. The quantitative estimate of drug-likeness (QED) is 0.207. The van der Waals surface area contributed by atoms with Crippen molar-refractivity contribution in [2.45, 2.75) is 18.4 Å². The Morgan fingerprint density at radius 2 is 1.28 bits per heavy atom. The molecule has 0 saturated carbocycles. The molecule has 2 fully saturated rings. The maximum atomic E-state index is 12.7. The van der Waals surface area contributed by atoms with E-state index in [4.69, 9.17) is 21.1 Å². The molecule has 0 aliphatic carbocycles. The average molecular weight is 614 g/mol. The van der Waals surface area contributed by atoms with E-state index in [9.17, 15) is 13.2 Å². The van der Waals surface area contributed by atoms with E-state index in [1.54, 1.807) is 18.3 Å². The van der Waals surface area contributed by atoms with E-state index < -0.39 is 11.7 Å². The van der Waals surface area contributed by atoms with E-state index in [1.807, 2.05) is 42.6 Å². The van der Waals surface area contributed by atoms with Gasteiger partial charge in [-0.15, -0.1) is 0 Å². The maximum Gasteiger partial charge on any atom is 0.416 e. The minimum absolute atomic E-state index is 0.0494. The van der Waals surface area contributed by atoms with Gasteiger partial charge in [-0.2, -0.15) is 13.2 Å². The van der Waals surface area contributed by atoms with Gasteiger partial charge in [-0.25, -0.2) is 4.98 Å². The normalized spacial score (nSPS) is 18.7. The molecule has 6 rings (SSSR count). The van der Waals surface area contributed by atoms with E-state index in [1.165, 1.54) is 0 Å². The second-order valence-electron chi connectivity index (χ2n) is 9.76. The number of anilines is 4. The van der Waals surface area contributed by atoms with Crippen molar-refractivity contribution in [3.8, 4) is 0 Å². The molecule has 5 heterocycles. The Morgan fingerprint density at radius 1 is 0.721 bits per heavy atom. The number of hydrogen-bond donors (Lipinski definition) is 4. The van der Waals surface area contributed by atoms with Gasteiger partial charge in [-0.05, 0) is 60.7 Å². The number of aromatic nitrogens is 3. The van der Waals surface area contributed by atoms with Crippen molar-refractivity contribution in [3.63, 3.8) is 0 Å². The van der Waals surface area contributed by atoms with E-state index in [2.05, 4.69) is 36.2 Å². The molecule has 3 aromatic heterocycles. The highest BCUT2D eigenvalue weighted by Crippen LogP contribution is 2.30. The number of halogens is 4. The molecule has 13 heteroatoms. The van der Waals surface area contributed by atoms with Gasteiger partial charge in [-0.3, -0.25) is 9.97 Å². The number of hydrogen-bond acceptors (Lipinski definition) is 9. The van der Waals surface area contributed by atoms with Crippen LogP contribution >= 0.6 is 11.6 Å². The predicted molar refractivity (Wildman–Crippen MR) is 159 cm³/mol. The van der Waals surface area contributed by atoms with Gasteiger partial charge < -0.3 is 30.7 Å². The summed E-state index contributed by atoms with van der Waals surface area (Å²) in [7, 11) is 0. The Balaban J connectivity index is 0.000000173. The molecule has 2 aliphatic rings. The van der Waals surface area contributed by atoms with Crippen molar-refractivity contribution in [1.29, 1.82) is 0 Å². The highest BCUT2D eigenvalue weighted by Gasteiger charge is 2.30. The van der Waals surface area contributed by atoms with Crippen LogP contribution in [0.4, 0.5) is 36.1 Å². The minimum atomic E-state index is -4.40. The van der Waals surface area contributed by atoms with Crippen molar-refractivity contribution >= 4 is 34.5 Å². The third-order valence-corrected chi connectivity index (χ3v) is 6.83. The van der Waals surface area contributed by atoms with Crippen LogP contribution in [-0.2, 0) is 15.7 Å². The van der Waals surface area contributed by atoms with Crippen LogP contribution in [0.2, 0.25) is 5.02 Å². The fourth-order valence-electron chi connectivity index (χ4n) is 4.37. The number of morpholine rings is 2. The Hall–Kier alpha value is -3.81. The number of pyridine rings is 3. The van der Waals surface area contributed by atoms with Crippen LogP contribution in [0.1, 0.15) is 29.2 Å². The molecule has 226 valence electrons. The number of rotatable bonds is 6. The molecule has 0 amide bonds. The first-order valence-electron chi connectivity index (χ1n) is 13.7. The lowest BCUT2D eigenvalue weighted by molar-refractivity contribution is -0.137. The van der Waals surface area contributed by atoms with Gasteiger partial charge in [0.15, 0.2) is 0 Å². The summed E-state index contributed by atoms with van der Waals surface area (Å²) in [5.74, 6) is 0.116. The second-order valence-corrected chi connectivity index (χ2v) is 10.2. The van der Waals surface area contributed by atoms with E-state index in [-0.39, 0.29) is 18.0 Å². The van der Waals surface area contributed by atoms with Gasteiger partial charge in [0.1, 0.15) is 18.0 Å². The van der Waals surface area contributed by atoms with Crippen LogP contribution in [-0.4, -0.2) is 54.3 Å². The molecular formula is C30H31ClF3N7O2. The summed E-state index contributed by atoms with van der Waals surface area (Å²) in [5.41, 5.74) is 3.48. The molecule has 0 spiro atoms. The second kappa shape index (κ2) is 14.6. The lowest BCUT2D eigenvalue weighted by Gasteiger charge is -2.23. The van der Waals surface area contributed by atoms with Crippen molar-refractivity contribution in [2.24, 2.45) is 0 Å². The zero-order valence-electron chi connectivity index (χ0n) is 23.1. The zero-order valence-corrected chi connectivity index (χ0v) is 23.8. The average Bonchev–Trinajstić information content (AvgIpc) is 3.04. The molecule has 43 heavy (non-hydrogen) atoms. The lowest BCUT2D eigenvalue weighted by atomic mass is 10.2. The van der Waals surface area contributed by atoms with Gasteiger partial charge in [0.05, 0.1) is 53.9 Å². The van der Waals surface area contributed by atoms with E-state index in [0.29, 0.717) is 18.8 Å². The van der Waals surface area contributed by atoms with Crippen LogP contribution < -0.4 is 21.3 Å². The first-order chi connectivity index (χ1) is 20.8. The van der Waals surface area contributed by atoms with Crippen LogP contribution in [0.15, 0.2) is 79.3 Å². The fraction of sp³-hybridized carbons (Fsp3) is 0.300. The van der Waals surface area contributed by atoms with Gasteiger partial charge in [-0.1, -0.05) is 11.6 Å². The van der Waals surface area contributed by atoms with Crippen molar-refractivity contribution in [1.82, 2.24) is 25.6 Å².